The predicted octanol–water partition coefficient (Wildman–Crippen LogP) is 0.828. The van der Waals surface area contributed by atoms with Gasteiger partial charge in [-0.3, -0.25) is 4.79 Å². The first-order chi connectivity index (χ1) is 9.81. The van der Waals surface area contributed by atoms with Gasteiger partial charge in [0.05, 0.1) is 0 Å². The fourth-order valence-corrected chi connectivity index (χ4v) is 4.05. The highest BCUT2D eigenvalue weighted by atomic mass is 32.2. The third kappa shape index (κ3) is 3.62. The van der Waals surface area contributed by atoms with Crippen LogP contribution in [0.3, 0.4) is 0 Å². The molecular weight excluding hydrogens is 294 g/mol. The second-order valence-corrected chi connectivity index (χ2v) is 7.16. The topological polar surface area (TPSA) is 92.5 Å². The molecule has 1 saturated heterocycles. The van der Waals surface area contributed by atoms with Gasteiger partial charge in [0.25, 0.3) is 0 Å². The summed E-state index contributed by atoms with van der Waals surface area (Å²) >= 11 is 0. The van der Waals surface area contributed by atoms with E-state index >= 15 is 0 Å². The lowest BCUT2D eigenvalue weighted by Gasteiger charge is -2.31. The maximum Gasteiger partial charge on any atom is 0.245 e. The van der Waals surface area contributed by atoms with Gasteiger partial charge in [-0.05, 0) is 32.6 Å². The third-order valence-electron chi connectivity index (χ3n) is 3.86. The van der Waals surface area contributed by atoms with E-state index in [1.165, 1.54) is 0 Å². The lowest BCUT2D eigenvalue weighted by Crippen LogP contribution is -2.40. The number of likely N-dealkylation sites (tertiary alicyclic amines) is 1. The molecule has 0 saturated carbocycles. The summed E-state index contributed by atoms with van der Waals surface area (Å²) in [5, 5.41) is 3.67. The number of carbonyl (C=O) groups excluding carboxylic acids is 1. The Bertz CT molecular complexity index is 596. The molecule has 2 rings (SSSR count). The average Bonchev–Trinajstić information content (AvgIpc) is 2.77. The minimum atomic E-state index is -3.59. The van der Waals surface area contributed by atoms with Gasteiger partial charge in [0, 0.05) is 26.6 Å². The van der Waals surface area contributed by atoms with Crippen molar-refractivity contribution < 1.29 is 17.7 Å². The van der Waals surface area contributed by atoms with Gasteiger partial charge < -0.3 is 9.42 Å². The number of piperidine rings is 1. The van der Waals surface area contributed by atoms with Gasteiger partial charge in [-0.15, -0.1) is 0 Å². The summed E-state index contributed by atoms with van der Waals surface area (Å²) in [6.07, 6.45) is 1.62. The molecule has 0 radical (unpaired) electrons. The SMILES string of the molecule is CC(=O)N1CCC(CNS(=O)(=O)c2c(C)noc2C)CC1. The zero-order valence-electron chi connectivity index (χ0n) is 12.5. The number of aryl methyl sites for hydroxylation is 2. The van der Waals surface area contributed by atoms with E-state index < -0.39 is 10.0 Å². The van der Waals surface area contributed by atoms with Gasteiger partial charge in [-0.2, -0.15) is 0 Å². The highest BCUT2D eigenvalue weighted by molar-refractivity contribution is 7.89. The Balaban J connectivity index is 1.93. The van der Waals surface area contributed by atoms with Crippen LogP contribution in [0.2, 0.25) is 0 Å². The standard InChI is InChI=1S/C13H21N3O4S/c1-9-13(10(2)20-15-9)21(18,19)14-8-12-4-6-16(7-5-12)11(3)17/h12,14H,4-8H2,1-3H3. The first-order valence-electron chi connectivity index (χ1n) is 6.99. The molecule has 8 heteroatoms. The summed E-state index contributed by atoms with van der Waals surface area (Å²) in [7, 11) is -3.59. The summed E-state index contributed by atoms with van der Waals surface area (Å²) in [4.78, 5) is 13.2. The maximum absolute atomic E-state index is 12.3. The molecule has 1 N–H and O–H groups in total. The monoisotopic (exact) mass is 315 g/mol. The van der Waals surface area contributed by atoms with E-state index in [0.29, 0.717) is 31.1 Å². The van der Waals surface area contributed by atoms with Crippen LogP contribution in [0, 0.1) is 19.8 Å². The van der Waals surface area contributed by atoms with E-state index in [2.05, 4.69) is 9.88 Å². The molecule has 2 heterocycles. The van der Waals surface area contributed by atoms with Crippen molar-refractivity contribution in [1.82, 2.24) is 14.8 Å². The summed E-state index contributed by atoms with van der Waals surface area (Å²) in [6.45, 7) is 6.50. The van der Waals surface area contributed by atoms with Crippen LogP contribution >= 0.6 is 0 Å². The van der Waals surface area contributed by atoms with Crippen LogP contribution in [0.5, 0.6) is 0 Å². The first-order valence-corrected chi connectivity index (χ1v) is 8.47. The van der Waals surface area contributed by atoms with Crippen molar-refractivity contribution in [1.29, 1.82) is 0 Å². The van der Waals surface area contributed by atoms with Crippen molar-refractivity contribution in [3.05, 3.63) is 11.5 Å². The van der Waals surface area contributed by atoms with Crippen LogP contribution in [0.1, 0.15) is 31.2 Å². The smallest absolute Gasteiger partial charge is 0.245 e. The number of nitrogens with one attached hydrogen (secondary N) is 1. The molecule has 0 aromatic carbocycles. The zero-order chi connectivity index (χ0) is 15.6. The number of nitrogens with zero attached hydrogens (tertiary/aromatic N) is 2. The van der Waals surface area contributed by atoms with Crippen molar-refractivity contribution >= 4 is 15.9 Å². The Morgan fingerprint density at radius 2 is 2.00 bits per heavy atom. The summed E-state index contributed by atoms with van der Waals surface area (Å²) in [5.74, 6) is 0.618. The highest BCUT2D eigenvalue weighted by Gasteiger charge is 2.26. The van der Waals surface area contributed by atoms with Gasteiger partial charge in [0.1, 0.15) is 10.6 Å². The molecule has 0 bridgehead atoms. The molecular formula is C13H21N3O4S. The van der Waals surface area contributed by atoms with Gasteiger partial charge in [0.15, 0.2) is 5.76 Å². The second-order valence-electron chi connectivity index (χ2n) is 5.45. The molecule has 7 nitrogen and oxygen atoms in total. The van der Waals surface area contributed by atoms with Gasteiger partial charge in [0.2, 0.25) is 15.9 Å². The summed E-state index contributed by atoms with van der Waals surface area (Å²) in [6, 6.07) is 0. The molecule has 21 heavy (non-hydrogen) atoms. The van der Waals surface area contributed by atoms with Crippen LogP contribution in [-0.2, 0) is 14.8 Å². The van der Waals surface area contributed by atoms with Gasteiger partial charge >= 0.3 is 0 Å². The lowest BCUT2D eigenvalue weighted by molar-refractivity contribution is -0.130. The fourth-order valence-electron chi connectivity index (χ4n) is 2.61. The van der Waals surface area contributed by atoms with Crippen molar-refractivity contribution in [2.24, 2.45) is 5.92 Å². The van der Waals surface area contributed by atoms with Crippen molar-refractivity contribution in [3.8, 4) is 0 Å². The zero-order valence-corrected chi connectivity index (χ0v) is 13.4. The van der Waals surface area contributed by atoms with Crippen molar-refractivity contribution in [2.45, 2.75) is 38.5 Å². The van der Waals surface area contributed by atoms with Crippen molar-refractivity contribution in [2.75, 3.05) is 19.6 Å². The van der Waals surface area contributed by atoms with Crippen molar-refractivity contribution in [3.63, 3.8) is 0 Å². The van der Waals surface area contributed by atoms with Gasteiger partial charge in [-0.1, -0.05) is 5.16 Å². The molecule has 1 aromatic heterocycles. The number of hydrogen-bond donors (Lipinski definition) is 1. The van der Waals surface area contributed by atoms with Crippen LogP contribution in [-0.4, -0.2) is 44.0 Å². The van der Waals surface area contributed by atoms with E-state index in [1.54, 1.807) is 25.7 Å². The molecule has 0 atom stereocenters. The minimum absolute atomic E-state index is 0.0738. The van der Waals surface area contributed by atoms with Crippen LogP contribution < -0.4 is 4.72 Å². The molecule has 1 amide bonds. The Hall–Kier alpha value is -1.41. The quantitative estimate of drug-likeness (QED) is 0.888. The molecule has 1 aliphatic heterocycles. The summed E-state index contributed by atoms with van der Waals surface area (Å²) in [5.41, 5.74) is 0.367. The number of carbonyl (C=O) groups is 1. The third-order valence-corrected chi connectivity index (χ3v) is 5.53. The minimum Gasteiger partial charge on any atom is -0.360 e. The molecule has 118 valence electrons. The van der Waals surface area contributed by atoms with Crippen LogP contribution in [0.4, 0.5) is 0 Å². The highest BCUT2D eigenvalue weighted by Crippen LogP contribution is 2.20. The Morgan fingerprint density at radius 3 is 2.48 bits per heavy atom. The van der Waals surface area contributed by atoms with Crippen LogP contribution in [0.15, 0.2) is 9.42 Å². The number of hydrogen-bond acceptors (Lipinski definition) is 5. The first kappa shape index (κ1) is 16.0. The van der Waals surface area contributed by atoms with Crippen LogP contribution in [0.25, 0.3) is 0 Å². The molecule has 0 aliphatic carbocycles. The van der Waals surface area contributed by atoms with E-state index in [4.69, 9.17) is 4.52 Å². The average molecular weight is 315 g/mol. The number of sulfonamides is 1. The van der Waals surface area contributed by atoms with Gasteiger partial charge in [-0.25, -0.2) is 13.1 Å². The predicted molar refractivity (Wildman–Crippen MR) is 76.1 cm³/mol. The molecule has 0 unspecified atom stereocenters. The largest absolute Gasteiger partial charge is 0.360 e. The number of amides is 1. The molecule has 1 aliphatic rings. The van der Waals surface area contributed by atoms with E-state index in [9.17, 15) is 13.2 Å². The lowest BCUT2D eigenvalue weighted by atomic mass is 9.97. The number of rotatable bonds is 4. The maximum atomic E-state index is 12.3. The Kier molecular flexibility index (Phi) is 4.67. The van der Waals surface area contributed by atoms with E-state index in [-0.39, 0.29) is 16.7 Å². The molecule has 1 fully saturated rings. The second kappa shape index (κ2) is 6.15. The molecule has 0 spiro atoms. The summed E-state index contributed by atoms with van der Waals surface area (Å²) < 4.78 is 32.1. The number of aromatic nitrogens is 1. The Morgan fingerprint density at radius 1 is 1.38 bits per heavy atom. The van der Waals surface area contributed by atoms with E-state index in [1.807, 2.05) is 0 Å². The Labute approximate surface area is 124 Å². The molecule has 1 aromatic rings. The fraction of sp³-hybridized carbons (Fsp3) is 0.692. The van der Waals surface area contributed by atoms with E-state index in [0.717, 1.165) is 12.8 Å². The normalized spacial score (nSPS) is 17.2.